The molecule has 2 atom stereocenters. The number of benzene rings is 2. The number of nitrogens with one attached hydrogen (secondary N) is 1. The third-order valence-electron chi connectivity index (χ3n) is 4.17. The molecule has 2 aromatic rings. The van der Waals surface area contributed by atoms with Gasteiger partial charge in [0.05, 0.1) is 12.5 Å². The van der Waals surface area contributed by atoms with E-state index in [4.69, 9.17) is 16.7 Å². The number of rotatable bonds is 9. The standard InChI is InChI=1S/C20H25ClN2O3/c1-14(22-12-19(24)16-4-3-5-17(21)11-16)13-23(2)18-8-6-15(7-9-18)10-20(25)26/h3-9,11,14,19,22,24H,10,12-13H2,1-2H3,(H,25,26). The topological polar surface area (TPSA) is 72.8 Å². The quantitative estimate of drug-likeness (QED) is 0.627. The average molecular weight is 377 g/mol. The highest BCUT2D eigenvalue weighted by Gasteiger charge is 2.12. The van der Waals surface area contributed by atoms with E-state index in [1.165, 1.54) is 0 Å². The number of aliphatic hydroxyl groups is 1. The van der Waals surface area contributed by atoms with Crippen molar-refractivity contribution in [1.82, 2.24) is 5.32 Å². The Hall–Kier alpha value is -2.08. The number of hydrogen-bond acceptors (Lipinski definition) is 4. The van der Waals surface area contributed by atoms with E-state index in [9.17, 15) is 9.90 Å². The Morgan fingerprint density at radius 2 is 1.92 bits per heavy atom. The van der Waals surface area contributed by atoms with Crippen molar-refractivity contribution in [3.8, 4) is 0 Å². The van der Waals surface area contributed by atoms with Crippen LogP contribution in [0.3, 0.4) is 0 Å². The molecule has 0 saturated carbocycles. The molecule has 0 saturated heterocycles. The van der Waals surface area contributed by atoms with Crippen molar-refractivity contribution >= 4 is 23.3 Å². The fraction of sp³-hybridized carbons (Fsp3) is 0.350. The van der Waals surface area contributed by atoms with E-state index >= 15 is 0 Å². The summed E-state index contributed by atoms with van der Waals surface area (Å²) in [6, 6.07) is 14.9. The van der Waals surface area contributed by atoms with Gasteiger partial charge in [0.2, 0.25) is 0 Å². The van der Waals surface area contributed by atoms with Crippen LogP contribution in [-0.2, 0) is 11.2 Å². The van der Waals surface area contributed by atoms with Crippen LogP contribution in [0.2, 0.25) is 5.02 Å². The van der Waals surface area contributed by atoms with Gasteiger partial charge in [-0.2, -0.15) is 0 Å². The molecule has 2 unspecified atom stereocenters. The molecule has 0 spiro atoms. The second kappa shape index (κ2) is 9.57. The van der Waals surface area contributed by atoms with Crippen LogP contribution in [0.5, 0.6) is 0 Å². The molecule has 0 aliphatic heterocycles. The fourth-order valence-electron chi connectivity index (χ4n) is 2.77. The zero-order valence-corrected chi connectivity index (χ0v) is 15.8. The normalized spacial score (nSPS) is 13.2. The number of carbonyl (C=O) groups is 1. The van der Waals surface area contributed by atoms with Crippen molar-refractivity contribution in [2.45, 2.75) is 25.5 Å². The minimum atomic E-state index is -0.831. The van der Waals surface area contributed by atoms with E-state index in [1.54, 1.807) is 12.1 Å². The molecule has 0 aromatic heterocycles. The summed E-state index contributed by atoms with van der Waals surface area (Å²) in [5.41, 5.74) is 2.59. The maximum absolute atomic E-state index is 10.7. The van der Waals surface area contributed by atoms with Crippen LogP contribution in [0.15, 0.2) is 48.5 Å². The van der Waals surface area contributed by atoms with Crippen molar-refractivity contribution in [3.63, 3.8) is 0 Å². The highest BCUT2D eigenvalue weighted by molar-refractivity contribution is 6.30. The predicted molar refractivity (Wildman–Crippen MR) is 105 cm³/mol. The molecule has 0 aliphatic carbocycles. The van der Waals surface area contributed by atoms with Gasteiger partial charge in [-0.05, 0) is 42.3 Å². The van der Waals surface area contributed by atoms with E-state index in [0.29, 0.717) is 11.6 Å². The molecule has 0 bridgehead atoms. The molecule has 0 heterocycles. The number of carboxylic acid groups (broad SMARTS) is 1. The minimum Gasteiger partial charge on any atom is -0.481 e. The van der Waals surface area contributed by atoms with Crippen LogP contribution in [-0.4, -0.2) is 42.4 Å². The number of likely N-dealkylation sites (N-methyl/N-ethyl adjacent to an activating group) is 1. The molecule has 0 fully saturated rings. The summed E-state index contributed by atoms with van der Waals surface area (Å²) in [7, 11) is 1.98. The van der Waals surface area contributed by atoms with E-state index in [0.717, 1.165) is 23.4 Å². The molecule has 26 heavy (non-hydrogen) atoms. The van der Waals surface area contributed by atoms with E-state index in [1.807, 2.05) is 43.4 Å². The van der Waals surface area contributed by atoms with E-state index < -0.39 is 12.1 Å². The SMILES string of the molecule is CC(CN(C)c1ccc(CC(=O)O)cc1)NCC(O)c1cccc(Cl)c1. The Morgan fingerprint density at radius 3 is 2.54 bits per heavy atom. The van der Waals surface area contributed by atoms with Gasteiger partial charge < -0.3 is 20.4 Å². The highest BCUT2D eigenvalue weighted by atomic mass is 35.5. The van der Waals surface area contributed by atoms with Crippen LogP contribution in [0.1, 0.15) is 24.2 Å². The largest absolute Gasteiger partial charge is 0.481 e. The molecular weight excluding hydrogens is 352 g/mol. The van der Waals surface area contributed by atoms with Crippen LogP contribution in [0.25, 0.3) is 0 Å². The molecule has 0 radical (unpaired) electrons. The van der Waals surface area contributed by atoms with Crippen molar-refractivity contribution in [2.75, 3.05) is 25.0 Å². The third kappa shape index (κ3) is 6.33. The third-order valence-corrected chi connectivity index (χ3v) is 4.41. The van der Waals surface area contributed by atoms with Gasteiger partial charge in [0.25, 0.3) is 0 Å². The van der Waals surface area contributed by atoms with Crippen LogP contribution in [0, 0.1) is 0 Å². The molecule has 6 heteroatoms. The van der Waals surface area contributed by atoms with Gasteiger partial charge in [-0.25, -0.2) is 0 Å². The Morgan fingerprint density at radius 1 is 1.23 bits per heavy atom. The summed E-state index contributed by atoms with van der Waals surface area (Å²) in [5.74, 6) is -0.831. The van der Waals surface area contributed by atoms with E-state index in [2.05, 4.69) is 17.1 Å². The molecule has 2 aromatic carbocycles. The Kier molecular flexibility index (Phi) is 7.45. The summed E-state index contributed by atoms with van der Waals surface area (Å²) in [6.45, 7) is 3.24. The first kappa shape index (κ1) is 20.2. The van der Waals surface area contributed by atoms with Crippen LogP contribution >= 0.6 is 11.6 Å². The van der Waals surface area contributed by atoms with Gasteiger partial charge in [0, 0.05) is 36.9 Å². The number of anilines is 1. The number of aliphatic carboxylic acids is 1. The molecular formula is C20H25ClN2O3. The maximum atomic E-state index is 10.7. The first-order valence-corrected chi connectivity index (χ1v) is 8.91. The van der Waals surface area contributed by atoms with Gasteiger partial charge in [-0.3, -0.25) is 4.79 Å². The lowest BCUT2D eigenvalue weighted by atomic mass is 10.1. The van der Waals surface area contributed by atoms with Crippen molar-refractivity contribution in [1.29, 1.82) is 0 Å². The number of carboxylic acids is 1. The van der Waals surface area contributed by atoms with Crippen molar-refractivity contribution < 1.29 is 15.0 Å². The fourth-order valence-corrected chi connectivity index (χ4v) is 2.97. The lowest BCUT2D eigenvalue weighted by molar-refractivity contribution is -0.136. The molecule has 2 rings (SSSR count). The second-order valence-corrected chi connectivity index (χ2v) is 6.93. The first-order valence-electron chi connectivity index (χ1n) is 8.54. The van der Waals surface area contributed by atoms with Gasteiger partial charge in [0.15, 0.2) is 0 Å². The summed E-state index contributed by atoms with van der Waals surface area (Å²) in [5, 5.41) is 23.0. The summed E-state index contributed by atoms with van der Waals surface area (Å²) in [6.07, 6.45) is -0.583. The Bertz CT molecular complexity index is 721. The van der Waals surface area contributed by atoms with Gasteiger partial charge in [-0.1, -0.05) is 35.9 Å². The lowest BCUT2D eigenvalue weighted by Gasteiger charge is -2.25. The van der Waals surface area contributed by atoms with Gasteiger partial charge >= 0.3 is 5.97 Å². The molecule has 140 valence electrons. The zero-order valence-electron chi connectivity index (χ0n) is 15.0. The van der Waals surface area contributed by atoms with E-state index in [-0.39, 0.29) is 12.5 Å². The number of aliphatic hydroxyl groups excluding tert-OH is 1. The van der Waals surface area contributed by atoms with Crippen LogP contribution in [0.4, 0.5) is 5.69 Å². The van der Waals surface area contributed by atoms with Crippen LogP contribution < -0.4 is 10.2 Å². The monoisotopic (exact) mass is 376 g/mol. The second-order valence-electron chi connectivity index (χ2n) is 6.50. The minimum absolute atomic E-state index is 0.0311. The summed E-state index contributed by atoms with van der Waals surface area (Å²) in [4.78, 5) is 12.8. The first-order chi connectivity index (χ1) is 12.3. The maximum Gasteiger partial charge on any atom is 0.307 e. The molecule has 3 N–H and O–H groups in total. The Balaban J connectivity index is 1.82. The van der Waals surface area contributed by atoms with Crippen molar-refractivity contribution in [3.05, 3.63) is 64.7 Å². The number of nitrogens with zero attached hydrogens (tertiary/aromatic N) is 1. The summed E-state index contributed by atoms with van der Waals surface area (Å²) < 4.78 is 0. The molecule has 0 amide bonds. The zero-order chi connectivity index (χ0) is 19.1. The van der Waals surface area contributed by atoms with Gasteiger partial charge in [-0.15, -0.1) is 0 Å². The Labute approximate surface area is 159 Å². The highest BCUT2D eigenvalue weighted by Crippen LogP contribution is 2.18. The lowest BCUT2D eigenvalue weighted by Crippen LogP contribution is -2.39. The predicted octanol–water partition coefficient (Wildman–Crippen LogP) is 3.12. The van der Waals surface area contributed by atoms with Gasteiger partial charge in [0.1, 0.15) is 0 Å². The summed E-state index contributed by atoms with van der Waals surface area (Å²) >= 11 is 5.96. The number of hydrogen-bond donors (Lipinski definition) is 3. The number of halogens is 1. The van der Waals surface area contributed by atoms with Crippen molar-refractivity contribution in [2.24, 2.45) is 0 Å². The molecule has 0 aliphatic rings. The molecule has 5 nitrogen and oxygen atoms in total. The smallest absolute Gasteiger partial charge is 0.307 e. The average Bonchev–Trinajstić information content (AvgIpc) is 2.59.